The van der Waals surface area contributed by atoms with Crippen LogP contribution in [0.25, 0.3) is 5.57 Å². The maximum Gasteiger partial charge on any atom is 0.416 e. The first-order valence-electron chi connectivity index (χ1n) is 15.3. The summed E-state index contributed by atoms with van der Waals surface area (Å²) in [5, 5.41) is 3.07. The number of halogens is 3. The summed E-state index contributed by atoms with van der Waals surface area (Å²) >= 11 is 0. The van der Waals surface area contributed by atoms with Crippen molar-refractivity contribution in [2.45, 2.75) is 50.7 Å². The maximum atomic E-state index is 13.9. The Morgan fingerprint density at radius 2 is 1.80 bits per heavy atom. The topological polar surface area (TPSA) is 94.5 Å². The number of aromatic nitrogens is 1. The van der Waals surface area contributed by atoms with Crippen LogP contribution < -0.4 is 14.8 Å². The van der Waals surface area contributed by atoms with Gasteiger partial charge >= 0.3 is 6.18 Å². The third-order valence-electron chi connectivity index (χ3n) is 8.27. The van der Waals surface area contributed by atoms with Crippen LogP contribution in [0.5, 0.6) is 11.5 Å². The number of benzene rings is 2. The van der Waals surface area contributed by atoms with Gasteiger partial charge in [0.2, 0.25) is 5.90 Å². The number of nitrogens with one attached hydrogen (secondary N) is 1. The lowest BCUT2D eigenvalue weighted by Gasteiger charge is -2.47. The van der Waals surface area contributed by atoms with E-state index in [4.69, 9.17) is 23.9 Å². The van der Waals surface area contributed by atoms with E-state index < -0.39 is 23.3 Å². The van der Waals surface area contributed by atoms with Crippen molar-refractivity contribution in [2.24, 2.45) is 4.99 Å². The Morgan fingerprint density at radius 1 is 1.02 bits per heavy atom. The molecule has 1 N–H and O–H groups in total. The van der Waals surface area contributed by atoms with Crippen molar-refractivity contribution in [1.29, 1.82) is 0 Å². The van der Waals surface area contributed by atoms with Crippen molar-refractivity contribution in [3.8, 4) is 11.5 Å². The van der Waals surface area contributed by atoms with Gasteiger partial charge in [-0.3, -0.25) is 14.7 Å². The van der Waals surface area contributed by atoms with E-state index in [-0.39, 0.29) is 24.2 Å². The molecule has 242 valence electrons. The van der Waals surface area contributed by atoms with Crippen molar-refractivity contribution < 1.29 is 36.9 Å². The molecule has 6 rings (SSSR count). The van der Waals surface area contributed by atoms with Crippen LogP contribution in [0.15, 0.2) is 83.7 Å². The molecule has 0 spiro atoms. The van der Waals surface area contributed by atoms with Gasteiger partial charge in [0.25, 0.3) is 5.91 Å². The molecule has 3 aliphatic rings. The number of nitrogens with zero attached hydrogens (tertiary/aromatic N) is 3. The maximum absolute atomic E-state index is 13.9. The Balaban J connectivity index is 1.38. The molecule has 46 heavy (non-hydrogen) atoms. The molecule has 2 fully saturated rings. The predicted molar refractivity (Wildman–Crippen MR) is 164 cm³/mol. The van der Waals surface area contributed by atoms with Crippen LogP contribution in [0.4, 0.5) is 13.2 Å². The number of pyridine rings is 1. The van der Waals surface area contributed by atoms with Crippen molar-refractivity contribution >= 4 is 17.4 Å². The molecule has 2 aromatic carbocycles. The highest BCUT2D eigenvalue weighted by molar-refractivity contribution is 6.02. The zero-order valence-electron chi connectivity index (χ0n) is 25.4. The molecule has 1 amide bonds. The molecule has 2 saturated heterocycles. The van der Waals surface area contributed by atoms with Crippen LogP contribution >= 0.6 is 0 Å². The van der Waals surface area contributed by atoms with Gasteiger partial charge in [0, 0.05) is 49.6 Å². The van der Waals surface area contributed by atoms with Crippen LogP contribution in [-0.2, 0) is 15.7 Å². The second-order valence-electron chi connectivity index (χ2n) is 11.4. The number of carbonyl (C=O) groups is 1. The first-order chi connectivity index (χ1) is 22.2. The minimum Gasteiger partial charge on any atom is -0.465 e. The largest absolute Gasteiger partial charge is 0.465 e. The van der Waals surface area contributed by atoms with Gasteiger partial charge < -0.3 is 24.3 Å². The molecule has 0 aliphatic carbocycles. The molecule has 0 radical (unpaired) electrons. The van der Waals surface area contributed by atoms with Crippen molar-refractivity contribution in [1.82, 2.24) is 15.2 Å². The number of carbonyl (C=O) groups excluding carboxylic acids is 1. The molecule has 0 bridgehead atoms. The number of amides is 1. The molecule has 1 aromatic heterocycles. The zero-order chi connectivity index (χ0) is 32.1. The van der Waals surface area contributed by atoms with Crippen LogP contribution in [0.2, 0.25) is 0 Å². The molecule has 9 nitrogen and oxygen atoms in total. The lowest BCUT2D eigenvalue weighted by molar-refractivity contribution is -0.137. The third kappa shape index (κ3) is 7.09. The number of alkyl halides is 3. The Labute approximate surface area is 265 Å². The number of aliphatic imine (C=N–C) groups is 1. The van der Waals surface area contributed by atoms with Gasteiger partial charge in [0.05, 0.1) is 25.4 Å². The van der Waals surface area contributed by atoms with E-state index in [1.807, 2.05) is 24.0 Å². The summed E-state index contributed by atoms with van der Waals surface area (Å²) in [5.41, 5.74) is -0.142. The fourth-order valence-electron chi connectivity index (χ4n) is 5.85. The first kappa shape index (κ1) is 31.7. The van der Waals surface area contributed by atoms with Gasteiger partial charge in [-0.2, -0.15) is 13.2 Å². The van der Waals surface area contributed by atoms with Crippen molar-refractivity contribution in [3.63, 3.8) is 0 Å². The van der Waals surface area contributed by atoms with Gasteiger partial charge in [-0.1, -0.05) is 12.1 Å². The minimum absolute atomic E-state index is 0.137. The SMILES string of the molecule is CC1=C(c2cccnc2)CC(NC(=O)c2cccc(C(F)(F)F)c2)(N2CCOCC2)C(Oc2ccc(OC3CCCCO3)cc2)=N1. The monoisotopic (exact) mass is 636 g/mol. The van der Waals surface area contributed by atoms with Gasteiger partial charge in [-0.25, -0.2) is 4.99 Å². The van der Waals surface area contributed by atoms with Crippen molar-refractivity contribution in [3.05, 3.63) is 95.4 Å². The fourth-order valence-corrected chi connectivity index (χ4v) is 5.85. The summed E-state index contributed by atoms with van der Waals surface area (Å²) < 4.78 is 64.5. The summed E-state index contributed by atoms with van der Waals surface area (Å²) in [4.78, 5) is 25.1. The lowest BCUT2D eigenvalue weighted by Crippen LogP contribution is -2.69. The number of ether oxygens (including phenoxy) is 4. The molecule has 3 aromatic rings. The highest BCUT2D eigenvalue weighted by atomic mass is 19.4. The Hall–Kier alpha value is -4.26. The summed E-state index contributed by atoms with van der Waals surface area (Å²) in [5.74, 6) is 0.552. The van der Waals surface area contributed by atoms with Crippen LogP contribution in [-0.4, -0.2) is 66.6 Å². The number of morpholine rings is 1. The van der Waals surface area contributed by atoms with E-state index in [1.54, 1.807) is 36.7 Å². The zero-order valence-corrected chi connectivity index (χ0v) is 25.4. The average molecular weight is 637 g/mol. The van der Waals surface area contributed by atoms with Crippen molar-refractivity contribution in [2.75, 3.05) is 32.9 Å². The van der Waals surface area contributed by atoms with Crippen LogP contribution in [0.3, 0.4) is 0 Å². The molecule has 3 aliphatic heterocycles. The second-order valence-corrected chi connectivity index (χ2v) is 11.4. The summed E-state index contributed by atoms with van der Waals surface area (Å²) in [6.45, 7) is 4.11. The standard InChI is InChI=1S/C34H35F3N4O5/c1-23-29(25-7-5-14-38-22-25)21-33(41-15-18-43-19-16-41,40-31(42)24-6-4-8-26(20-24)34(35,36)37)32(39-23)46-28-12-10-27(11-13-28)45-30-9-2-3-17-44-30/h4-8,10-14,20,22,30H,2-3,9,15-19,21H2,1H3,(H,40,42). The summed E-state index contributed by atoms with van der Waals surface area (Å²) in [6.07, 6.45) is 1.55. The fraction of sp³-hybridized carbons (Fsp3) is 0.382. The second kappa shape index (κ2) is 13.6. The first-order valence-corrected chi connectivity index (χ1v) is 15.3. The number of hydrogen-bond acceptors (Lipinski definition) is 8. The van der Waals surface area contributed by atoms with E-state index >= 15 is 0 Å². The van der Waals surface area contributed by atoms with Crippen LogP contribution in [0, 0.1) is 0 Å². The number of rotatable bonds is 7. The van der Waals surface area contributed by atoms with Gasteiger partial charge in [-0.15, -0.1) is 0 Å². The van der Waals surface area contributed by atoms with Gasteiger partial charge in [0.1, 0.15) is 11.5 Å². The predicted octanol–water partition coefficient (Wildman–Crippen LogP) is 6.08. The normalized spacial score (nSPS) is 22.6. The number of hydrogen-bond donors (Lipinski definition) is 1. The smallest absolute Gasteiger partial charge is 0.416 e. The molecule has 12 heteroatoms. The van der Waals surface area contributed by atoms with E-state index in [0.717, 1.165) is 42.5 Å². The molecule has 2 atom stereocenters. The third-order valence-corrected chi connectivity index (χ3v) is 8.27. The van der Waals surface area contributed by atoms with E-state index in [0.29, 0.717) is 50.1 Å². The molecule has 2 unspecified atom stereocenters. The summed E-state index contributed by atoms with van der Waals surface area (Å²) in [7, 11) is 0. The van der Waals surface area contributed by atoms with Gasteiger partial charge in [-0.05, 0) is 79.4 Å². The highest BCUT2D eigenvalue weighted by Gasteiger charge is 2.49. The Kier molecular flexibility index (Phi) is 9.39. The number of allylic oxidation sites excluding steroid dienone is 1. The summed E-state index contributed by atoms with van der Waals surface area (Å²) in [6, 6.07) is 15.1. The quantitative estimate of drug-likeness (QED) is 0.336. The van der Waals surface area contributed by atoms with Gasteiger partial charge in [0.15, 0.2) is 12.0 Å². The Bertz CT molecular complexity index is 1580. The van der Waals surface area contributed by atoms with Crippen LogP contribution in [0.1, 0.15) is 54.1 Å². The lowest BCUT2D eigenvalue weighted by atomic mass is 9.88. The van der Waals surface area contributed by atoms with E-state index in [9.17, 15) is 18.0 Å². The molecular weight excluding hydrogens is 601 g/mol. The minimum atomic E-state index is -4.61. The van der Waals surface area contributed by atoms with E-state index in [1.165, 1.54) is 12.1 Å². The highest BCUT2D eigenvalue weighted by Crippen LogP contribution is 2.38. The Morgan fingerprint density at radius 3 is 2.50 bits per heavy atom. The van der Waals surface area contributed by atoms with E-state index in [2.05, 4.69) is 10.3 Å². The molecular formula is C34H35F3N4O5. The molecule has 0 saturated carbocycles. The average Bonchev–Trinajstić information content (AvgIpc) is 3.08. The molecule has 4 heterocycles.